The lowest BCUT2D eigenvalue weighted by Crippen LogP contribution is -2.34. The zero-order chi connectivity index (χ0) is 8.16. The van der Waals surface area contributed by atoms with Crippen LogP contribution in [-0.2, 0) is 9.47 Å². The normalized spacial score (nSPS) is 33.3. The van der Waals surface area contributed by atoms with Gasteiger partial charge in [-0.25, -0.2) is 0 Å². The Morgan fingerprint density at radius 3 is 3.00 bits per heavy atom. The molecule has 3 nitrogen and oxygen atoms in total. The molecule has 1 aliphatic rings. The van der Waals surface area contributed by atoms with Gasteiger partial charge in [0.05, 0.1) is 12.2 Å². The lowest BCUT2D eigenvalue weighted by atomic mass is 9.96. The Bertz CT molecular complexity index is 106. The van der Waals surface area contributed by atoms with Crippen molar-refractivity contribution in [1.82, 2.24) is 0 Å². The topological polar surface area (TPSA) is 38.7 Å². The fourth-order valence-corrected chi connectivity index (χ4v) is 1.41. The quantitative estimate of drug-likeness (QED) is 0.641. The molecule has 0 saturated carbocycles. The SMILES string of the molecule is COCC1(O)CCCOCC1. The van der Waals surface area contributed by atoms with Crippen LogP contribution in [0, 0.1) is 0 Å². The summed E-state index contributed by atoms with van der Waals surface area (Å²) in [6.45, 7) is 1.85. The molecule has 11 heavy (non-hydrogen) atoms. The van der Waals surface area contributed by atoms with E-state index in [-0.39, 0.29) is 0 Å². The highest BCUT2D eigenvalue weighted by Gasteiger charge is 2.27. The number of hydrogen-bond acceptors (Lipinski definition) is 3. The Balaban J connectivity index is 2.38. The van der Waals surface area contributed by atoms with Gasteiger partial charge in [0.15, 0.2) is 0 Å². The molecular formula is C8H16O3. The van der Waals surface area contributed by atoms with E-state index in [0.29, 0.717) is 19.6 Å². The number of rotatable bonds is 2. The third-order valence-electron chi connectivity index (χ3n) is 2.06. The molecule has 1 N–H and O–H groups in total. The lowest BCUT2D eigenvalue weighted by molar-refractivity contribution is -0.0439. The summed E-state index contributed by atoms with van der Waals surface area (Å²) in [5.74, 6) is 0. The van der Waals surface area contributed by atoms with Crippen LogP contribution in [0.1, 0.15) is 19.3 Å². The summed E-state index contributed by atoms with van der Waals surface area (Å²) in [4.78, 5) is 0. The second-order valence-electron chi connectivity index (χ2n) is 3.12. The number of ether oxygens (including phenoxy) is 2. The molecule has 1 rings (SSSR count). The molecule has 66 valence electrons. The molecule has 1 saturated heterocycles. The van der Waals surface area contributed by atoms with Gasteiger partial charge in [0.25, 0.3) is 0 Å². The van der Waals surface area contributed by atoms with Gasteiger partial charge in [-0.05, 0) is 12.8 Å². The van der Waals surface area contributed by atoms with Crippen LogP contribution >= 0.6 is 0 Å². The molecule has 0 radical (unpaired) electrons. The maximum Gasteiger partial charge on any atom is 0.0902 e. The Morgan fingerprint density at radius 2 is 2.27 bits per heavy atom. The molecular weight excluding hydrogens is 144 g/mol. The summed E-state index contributed by atoms with van der Waals surface area (Å²) in [5.41, 5.74) is -0.634. The predicted octanol–water partition coefficient (Wildman–Crippen LogP) is 0.564. The second kappa shape index (κ2) is 4.04. The average molecular weight is 160 g/mol. The van der Waals surface area contributed by atoms with Crippen LogP contribution in [0.2, 0.25) is 0 Å². The molecule has 0 aromatic carbocycles. The van der Waals surface area contributed by atoms with E-state index in [9.17, 15) is 5.11 Å². The number of hydrogen-bond donors (Lipinski definition) is 1. The third-order valence-corrected chi connectivity index (χ3v) is 2.06. The van der Waals surface area contributed by atoms with E-state index in [2.05, 4.69) is 0 Å². The van der Waals surface area contributed by atoms with E-state index in [1.54, 1.807) is 7.11 Å². The zero-order valence-corrected chi connectivity index (χ0v) is 7.01. The van der Waals surface area contributed by atoms with Crippen molar-refractivity contribution in [1.29, 1.82) is 0 Å². The molecule has 0 bridgehead atoms. The van der Waals surface area contributed by atoms with Gasteiger partial charge >= 0.3 is 0 Å². The van der Waals surface area contributed by atoms with Crippen LogP contribution in [0.15, 0.2) is 0 Å². The molecule has 0 aliphatic carbocycles. The van der Waals surface area contributed by atoms with Crippen molar-refractivity contribution in [3.63, 3.8) is 0 Å². The monoisotopic (exact) mass is 160 g/mol. The first-order valence-corrected chi connectivity index (χ1v) is 4.06. The van der Waals surface area contributed by atoms with Gasteiger partial charge in [0.2, 0.25) is 0 Å². The van der Waals surface area contributed by atoms with Crippen LogP contribution in [0.4, 0.5) is 0 Å². The van der Waals surface area contributed by atoms with Crippen LogP contribution in [0.25, 0.3) is 0 Å². The minimum atomic E-state index is -0.634. The third kappa shape index (κ3) is 2.77. The Labute approximate surface area is 67.3 Å². The van der Waals surface area contributed by atoms with E-state index in [0.717, 1.165) is 19.4 Å². The van der Waals surface area contributed by atoms with Gasteiger partial charge in [-0.1, -0.05) is 0 Å². The molecule has 1 unspecified atom stereocenters. The molecule has 0 amide bonds. The van der Waals surface area contributed by atoms with Crippen LogP contribution in [0.5, 0.6) is 0 Å². The zero-order valence-electron chi connectivity index (χ0n) is 7.01. The molecule has 3 heteroatoms. The minimum Gasteiger partial charge on any atom is -0.387 e. The summed E-state index contributed by atoms with van der Waals surface area (Å²) in [5, 5.41) is 9.85. The van der Waals surface area contributed by atoms with Crippen LogP contribution in [-0.4, -0.2) is 37.6 Å². The Morgan fingerprint density at radius 1 is 1.45 bits per heavy atom. The first-order valence-electron chi connectivity index (χ1n) is 4.06. The highest BCUT2D eigenvalue weighted by molar-refractivity contribution is 4.79. The largest absolute Gasteiger partial charge is 0.387 e. The van der Waals surface area contributed by atoms with Gasteiger partial charge in [-0.2, -0.15) is 0 Å². The molecule has 0 aromatic rings. The van der Waals surface area contributed by atoms with Gasteiger partial charge in [-0.3, -0.25) is 0 Å². The van der Waals surface area contributed by atoms with Crippen molar-refractivity contribution in [3.8, 4) is 0 Å². The van der Waals surface area contributed by atoms with Gasteiger partial charge in [0, 0.05) is 26.7 Å². The Hall–Kier alpha value is -0.120. The molecule has 1 aliphatic heterocycles. The highest BCUT2D eigenvalue weighted by atomic mass is 16.5. The minimum absolute atomic E-state index is 0.427. The Kier molecular flexibility index (Phi) is 3.30. The maximum absolute atomic E-state index is 9.85. The van der Waals surface area contributed by atoms with Crippen molar-refractivity contribution in [3.05, 3.63) is 0 Å². The molecule has 1 atom stereocenters. The molecule has 1 fully saturated rings. The first kappa shape index (κ1) is 8.97. The van der Waals surface area contributed by atoms with Crippen molar-refractivity contribution in [2.24, 2.45) is 0 Å². The van der Waals surface area contributed by atoms with E-state index in [1.165, 1.54) is 0 Å². The molecule has 0 aromatic heterocycles. The summed E-state index contributed by atoms with van der Waals surface area (Å²) in [6, 6.07) is 0. The van der Waals surface area contributed by atoms with Crippen LogP contribution in [0.3, 0.4) is 0 Å². The van der Waals surface area contributed by atoms with E-state index in [1.807, 2.05) is 0 Å². The summed E-state index contributed by atoms with van der Waals surface area (Å²) in [7, 11) is 1.61. The van der Waals surface area contributed by atoms with Crippen molar-refractivity contribution in [2.45, 2.75) is 24.9 Å². The fraction of sp³-hybridized carbons (Fsp3) is 1.00. The summed E-state index contributed by atoms with van der Waals surface area (Å²) in [6.07, 6.45) is 2.42. The fourth-order valence-electron chi connectivity index (χ4n) is 1.41. The van der Waals surface area contributed by atoms with Crippen molar-refractivity contribution in [2.75, 3.05) is 26.9 Å². The first-order chi connectivity index (χ1) is 5.27. The predicted molar refractivity (Wildman–Crippen MR) is 41.5 cm³/mol. The van der Waals surface area contributed by atoms with Crippen molar-refractivity contribution < 1.29 is 14.6 Å². The second-order valence-corrected chi connectivity index (χ2v) is 3.12. The van der Waals surface area contributed by atoms with Gasteiger partial charge < -0.3 is 14.6 Å². The van der Waals surface area contributed by atoms with Gasteiger partial charge in [-0.15, -0.1) is 0 Å². The number of methoxy groups -OCH3 is 1. The van der Waals surface area contributed by atoms with Crippen molar-refractivity contribution >= 4 is 0 Å². The smallest absolute Gasteiger partial charge is 0.0902 e. The highest BCUT2D eigenvalue weighted by Crippen LogP contribution is 2.20. The molecule has 1 heterocycles. The van der Waals surface area contributed by atoms with E-state index < -0.39 is 5.60 Å². The number of aliphatic hydroxyl groups is 1. The average Bonchev–Trinajstić information content (AvgIpc) is 2.15. The maximum atomic E-state index is 9.85. The standard InChI is InChI=1S/C8H16O3/c1-10-7-8(9)3-2-5-11-6-4-8/h9H,2-7H2,1H3. The molecule has 0 spiro atoms. The lowest BCUT2D eigenvalue weighted by Gasteiger charge is -2.24. The van der Waals surface area contributed by atoms with E-state index >= 15 is 0 Å². The summed E-state index contributed by atoms with van der Waals surface area (Å²) >= 11 is 0. The van der Waals surface area contributed by atoms with Gasteiger partial charge in [0.1, 0.15) is 0 Å². The van der Waals surface area contributed by atoms with Crippen LogP contribution < -0.4 is 0 Å². The summed E-state index contributed by atoms with van der Waals surface area (Å²) < 4.78 is 10.2. The van der Waals surface area contributed by atoms with E-state index in [4.69, 9.17) is 9.47 Å².